The lowest BCUT2D eigenvalue weighted by molar-refractivity contribution is 0.590. The smallest absolute Gasteiger partial charge is 0.138 e. The minimum absolute atomic E-state index is 0.134. The van der Waals surface area contributed by atoms with Crippen LogP contribution in [0.3, 0.4) is 0 Å². The van der Waals surface area contributed by atoms with Gasteiger partial charge in [0.1, 0.15) is 11.6 Å². The first-order valence-electron chi connectivity index (χ1n) is 13.3. The quantitative estimate of drug-likeness (QED) is 0.256. The number of H-pyrrole nitrogens is 2. The number of benzene rings is 4. The largest absolute Gasteiger partial charge is 0.338 e. The third-order valence-corrected chi connectivity index (χ3v) is 7.35. The zero-order chi connectivity index (χ0) is 26.7. The van der Waals surface area contributed by atoms with Crippen LogP contribution in [-0.2, 0) is 10.8 Å². The normalized spacial score (nSPS) is 12.5. The summed E-state index contributed by atoms with van der Waals surface area (Å²) < 4.78 is 0. The molecule has 0 saturated carbocycles. The van der Waals surface area contributed by atoms with Crippen molar-refractivity contribution >= 4 is 22.1 Å². The van der Waals surface area contributed by atoms with Crippen LogP contribution >= 0.6 is 0 Å². The van der Waals surface area contributed by atoms with Crippen molar-refractivity contribution in [2.24, 2.45) is 0 Å². The lowest BCUT2D eigenvalue weighted by Gasteiger charge is -2.18. The molecule has 38 heavy (non-hydrogen) atoms. The van der Waals surface area contributed by atoms with E-state index in [9.17, 15) is 0 Å². The van der Waals surface area contributed by atoms with Crippen LogP contribution in [0.2, 0.25) is 0 Å². The monoisotopic (exact) mass is 498 g/mol. The molecule has 0 aliphatic carbocycles. The van der Waals surface area contributed by atoms with E-state index < -0.39 is 0 Å². The number of hydrogen-bond donors (Lipinski definition) is 2. The van der Waals surface area contributed by atoms with E-state index in [2.05, 4.69) is 136 Å². The molecule has 0 fully saturated rings. The van der Waals surface area contributed by atoms with Crippen molar-refractivity contribution in [3.63, 3.8) is 0 Å². The van der Waals surface area contributed by atoms with Gasteiger partial charge in [-0.05, 0) is 57.3 Å². The molecule has 0 bridgehead atoms. The molecule has 0 saturated heterocycles. The molecule has 190 valence electrons. The van der Waals surface area contributed by atoms with Crippen LogP contribution in [0, 0.1) is 0 Å². The van der Waals surface area contributed by atoms with Gasteiger partial charge in [-0.2, -0.15) is 0 Å². The first-order chi connectivity index (χ1) is 18.0. The summed E-state index contributed by atoms with van der Waals surface area (Å²) in [4.78, 5) is 16.7. The van der Waals surface area contributed by atoms with Gasteiger partial charge in [0.25, 0.3) is 0 Å². The SMILES string of the molecule is CC(C)(C)c1ccc(-c2nc3ccc(-c4ccc5nc(-c6ccc(C(C)(C)C)cc6)[nH]c5c4)cc3[nH]2)cc1. The van der Waals surface area contributed by atoms with Crippen LogP contribution in [0.5, 0.6) is 0 Å². The van der Waals surface area contributed by atoms with Gasteiger partial charge in [0, 0.05) is 11.1 Å². The minimum Gasteiger partial charge on any atom is -0.338 e. The van der Waals surface area contributed by atoms with E-state index in [1.807, 2.05) is 0 Å². The summed E-state index contributed by atoms with van der Waals surface area (Å²) >= 11 is 0. The van der Waals surface area contributed by atoms with E-state index in [0.717, 1.165) is 56.0 Å². The Balaban J connectivity index is 1.30. The molecule has 6 rings (SSSR count). The van der Waals surface area contributed by atoms with Gasteiger partial charge in [-0.3, -0.25) is 0 Å². The Labute approximate surface area is 224 Å². The number of imidazole rings is 2. The van der Waals surface area contributed by atoms with Gasteiger partial charge < -0.3 is 9.97 Å². The number of fused-ring (bicyclic) bond motifs is 2. The molecule has 2 heterocycles. The topological polar surface area (TPSA) is 57.4 Å². The number of aromatic nitrogens is 4. The Morgan fingerprint density at radius 3 is 1.13 bits per heavy atom. The van der Waals surface area contributed by atoms with Gasteiger partial charge in [0.2, 0.25) is 0 Å². The molecule has 0 aliphatic heterocycles. The van der Waals surface area contributed by atoms with Crippen molar-refractivity contribution in [1.82, 2.24) is 19.9 Å². The maximum atomic E-state index is 4.85. The van der Waals surface area contributed by atoms with Gasteiger partial charge in [0.05, 0.1) is 22.1 Å². The molecular formula is C34H34N4. The van der Waals surface area contributed by atoms with Crippen molar-refractivity contribution in [1.29, 1.82) is 0 Å². The highest BCUT2D eigenvalue weighted by molar-refractivity contribution is 5.88. The van der Waals surface area contributed by atoms with Crippen LogP contribution in [0.1, 0.15) is 52.7 Å². The van der Waals surface area contributed by atoms with Crippen molar-refractivity contribution in [3.05, 3.63) is 96.1 Å². The van der Waals surface area contributed by atoms with Crippen molar-refractivity contribution < 1.29 is 0 Å². The van der Waals surface area contributed by atoms with E-state index in [1.165, 1.54) is 11.1 Å². The van der Waals surface area contributed by atoms with Gasteiger partial charge in [-0.25, -0.2) is 9.97 Å². The summed E-state index contributed by atoms with van der Waals surface area (Å²) in [6.07, 6.45) is 0. The maximum absolute atomic E-state index is 4.85. The summed E-state index contributed by atoms with van der Waals surface area (Å²) in [5.41, 5.74) is 11.4. The number of rotatable bonds is 3. The molecule has 0 amide bonds. The standard InChI is InChI=1S/C34H34N4/c1-33(2,3)25-13-7-21(8-14-25)31-35-27-17-11-23(19-29(27)37-31)24-12-18-28-30(20-24)38-32(36-28)22-9-15-26(16-10-22)34(4,5)6/h7-20H,1-6H3,(H,35,37)(H,36,38). The third kappa shape index (κ3) is 4.51. The predicted molar refractivity (Wildman–Crippen MR) is 159 cm³/mol. The van der Waals surface area contributed by atoms with E-state index in [-0.39, 0.29) is 10.8 Å². The van der Waals surface area contributed by atoms with Gasteiger partial charge in [-0.1, -0.05) is 102 Å². The van der Waals surface area contributed by atoms with E-state index in [0.29, 0.717) is 0 Å². The van der Waals surface area contributed by atoms with Crippen LogP contribution in [0.25, 0.3) is 56.0 Å². The molecule has 4 aromatic carbocycles. The van der Waals surface area contributed by atoms with E-state index in [1.54, 1.807) is 0 Å². The maximum Gasteiger partial charge on any atom is 0.138 e. The van der Waals surface area contributed by atoms with Crippen molar-refractivity contribution in [3.8, 4) is 33.9 Å². The minimum atomic E-state index is 0.134. The number of nitrogens with one attached hydrogen (secondary N) is 2. The number of aromatic amines is 2. The second-order valence-electron chi connectivity index (χ2n) is 12.3. The molecule has 4 nitrogen and oxygen atoms in total. The fraction of sp³-hybridized carbons (Fsp3) is 0.235. The molecule has 2 N–H and O–H groups in total. The van der Waals surface area contributed by atoms with Crippen LogP contribution in [0.4, 0.5) is 0 Å². The van der Waals surface area contributed by atoms with E-state index in [4.69, 9.17) is 9.97 Å². The summed E-state index contributed by atoms with van der Waals surface area (Å²) in [6.45, 7) is 13.4. The molecule has 0 atom stereocenters. The van der Waals surface area contributed by atoms with Gasteiger partial charge in [0.15, 0.2) is 0 Å². The molecule has 0 aliphatic rings. The van der Waals surface area contributed by atoms with Crippen LogP contribution < -0.4 is 0 Å². The average molecular weight is 499 g/mol. The number of hydrogen-bond acceptors (Lipinski definition) is 2. The average Bonchev–Trinajstić information content (AvgIpc) is 3.51. The zero-order valence-corrected chi connectivity index (χ0v) is 23.0. The lowest BCUT2D eigenvalue weighted by atomic mass is 9.87. The Hall–Kier alpha value is -4.18. The summed E-state index contributed by atoms with van der Waals surface area (Å²) in [5.74, 6) is 1.78. The fourth-order valence-corrected chi connectivity index (χ4v) is 4.91. The van der Waals surface area contributed by atoms with Crippen LogP contribution in [-0.4, -0.2) is 19.9 Å². The highest BCUT2D eigenvalue weighted by Crippen LogP contribution is 2.31. The molecule has 4 heteroatoms. The lowest BCUT2D eigenvalue weighted by Crippen LogP contribution is -2.10. The Kier molecular flexibility index (Phi) is 5.53. The molecule has 2 aromatic heterocycles. The molecule has 6 aromatic rings. The molecular weight excluding hydrogens is 464 g/mol. The Morgan fingerprint density at radius 1 is 0.447 bits per heavy atom. The third-order valence-electron chi connectivity index (χ3n) is 7.35. The second kappa shape index (κ2) is 8.70. The Morgan fingerprint density at radius 2 is 0.789 bits per heavy atom. The highest BCUT2D eigenvalue weighted by atomic mass is 14.9. The molecule has 0 spiro atoms. The first kappa shape index (κ1) is 24.2. The summed E-state index contributed by atoms with van der Waals surface area (Å²) in [5, 5.41) is 0. The van der Waals surface area contributed by atoms with Gasteiger partial charge in [-0.15, -0.1) is 0 Å². The van der Waals surface area contributed by atoms with Crippen LogP contribution in [0.15, 0.2) is 84.9 Å². The second-order valence-corrected chi connectivity index (χ2v) is 12.3. The molecule has 0 unspecified atom stereocenters. The molecule has 0 radical (unpaired) electrons. The number of nitrogens with zero attached hydrogens (tertiary/aromatic N) is 2. The highest BCUT2D eigenvalue weighted by Gasteiger charge is 2.15. The van der Waals surface area contributed by atoms with E-state index >= 15 is 0 Å². The Bertz CT molecular complexity index is 1620. The fourth-order valence-electron chi connectivity index (χ4n) is 4.91. The van der Waals surface area contributed by atoms with Crippen molar-refractivity contribution in [2.45, 2.75) is 52.4 Å². The van der Waals surface area contributed by atoms with Gasteiger partial charge >= 0.3 is 0 Å². The first-order valence-corrected chi connectivity index (χ1v) is 13.3. The predicted octanol–water partition coefficient (Wildman–Crippen LogP) is 9.04. The van der Waals surface area contributed by atoms with Crippen molar-refractivity contribution in [2.75, 3.05) is 0 Å². The zero-order valence-electron chi connectivity index (χ0n) is 23.0. The summed E-state index contributed by atoms with van der Waals surface area (Å²) in [6, 6.07) is 30.2. The summed E-state index contributed by atoms with van der Waals surface area (Å²) in [7, 11) is 0.